The number of aromatic nitrogens is 1. The number of carbonyl (C=O) groups is 1. The molecule has 3 aromatic rings. The second kappa shape index (κ2) is 8.08. The van der Waals surface area contributed by atoms with Crippen LogP contribution in [-0.4, -0.2) is 11.1 Å². The molecule has 0 aliphatic rings. The van der Waals surface area contributed by atoms with Crippen molar-refractivity contribution in [3.63, 3.8) is 0 Å². The molecule has 140 valence electrons. The number of rotatable bonds is 6. The number of nitrogens with one attached hydrogen (secondary N) is 1. The Kier molecular flexibility index (Phi) is 5.60. The maximum absolute atomic E-state index is 12.8. The van der Waals surface area contributed by atoms with E-state index in [1.165, 1.54) is 5.56 Å². The Balaban J connectivity index is 1.72. The third-order valence-electron chi connectivity index (χ3n) is 4.61. The molecule has 0 saturated carbocycles. The van der Waals surface area contributed by atoms with Gasteiger partial charge in [0.15, 0.2) is 0 Å². The van der Waals surface area contributed by atoms with Crippen LogP contribution in [0.2, 0.25) is 0 Å². The minimum absolute atomic E-state index is 0.103. The number of hydrogen-bond donors (Lipinski definition) is 1. The summed E-state index contributed by atoms with van der Waals surface area (Å²) in [5, 5.41) is 6.97. The highest BCUT2D eigenvalue weighted by molar-refractivity contribution is 5.97. The number of hydrogen-bond acceptors (Lipinski definition) is 4. The van der Waals surface area contributed by atoms with E-state index in [9.17, 15) is 4.79 Å². The molecule has 5 heteroatoms. The zero-order valence-corrected chi connectivity index (χ0v) is 16.1. The lowest BCUT2D eigenvalue weighted by molar-refractivity contribution is 0.0935. The van der Waals surface area contributed by atoms with E-state index in [-0.39, 0.29) is 11.9 Å². The summed E-state index contributed by atoms with van der Waals surface area (Å²) in [5.41, 5.74) is 4.45. The van der Waals surface area contributed by atoms with Crippen LogP contribution >= 0.6 is 0 Å². The molecule has 1 amide bonds. The summed E-state index contributed by atoms with van der Waals surface area (Å²) in [7, 11) is 0. The molecule has 0 spiro atoms. The van der Waals surface area contributed by atoms with Crippen molar-refractivity contribution < 1.29 is 14.1 Å². The van der Waals surface area contributed by atoms with Crippen molar-refractivity contribution in [2.75, 3.05) is 0 Å². The lowest BCUT2D eigenvalue weighted by Gasteiger charge is -2.16. The number of aryl methyl sites for hydroxylation is 3. The molecule has 1 heterocycles. The van der Waals surface area contributed by atoms with E-state index in [1.807, 2.05) is 64.1 Å². The molecule has 0 fully saturated rings. The first-order chi connectivity index (χ1) is 13.0. The standard InChI is InChI=1S/C22H24N2O3/c1-14-9-11-18(12-10-14)15(2)23-22(25)19-7-5-6-8-21(19)26-13-20-16(3)24-27-17(20)4/h5-12,15H,13H2,1-4H3,(H,23,25). The number of para-hydroxylation sites is 1. The summed E-state index contributed by atoms with van der Waals surface area (Å²) < 4.78 is 11.1. The molecule has 3 rings (SSSR count). The van der Waals surface area contributed by atoms with Crippen molar-refractivity contribution in [3.8, 4) is 5.75 Å². The number of nitrogens with zero attached hydrogens (tertiary/aromatic N) is 1. The number of amides is 1. The molecule has 2 aromatic carbocycles. The van der Waals surface area contributed by atoms with Crippen LogP contribution < -0.4 is 10.1 Å². The Hall–Kier alpha value is -3.08. The van der Waals surface area contributed by atoms with E-state index >= 15 is 0 Å². The molecule has 1 unspecified atom stereocenters. The first-order valence-corrected chi connectivity index (χ1v) is 8.96. The highest BCUT2D eigenvalue weighted by Gasteiger charge is 2.17. The molecule has 0 bridgehead atoms. The fraction of sp³-hybridized carbons (Fsp3) is 0.273. The molecule has 1 aromatic heterocycles. The Labute approximate surface area is 159 Å². The average Bonchev–Trinajstić information content (AvgIpc) is 2.98. The second-order valence-corrected chi connectivity index (χ2v) is 6.69. The average molecular weight is 364 g/mol. The Bertz CT molecular complexity index is 909. The van der Waals surface area contributed by atoms with Gasteiger partial charge in [0.05, 0.1) is 22.9 Å². The summed E-state index contributed by atoms with van der Waals surface area (Å²) in [4.78, 5) is 12.8. The van der Waals surface area contributed by atoms with Gasteiger partial charge in [0.25, 0.3) is 5.91 Å². The Morgan fingerprint density at radius 1 is 1.11 bits per heavy atom. The largest absolute Gasteiger partial charge is 0.488 e. The van der Waals surface area contributed by atoms with Crippen molar-refractivity contribution >= 4 is 5.91 Å². The predicted molar refractivity (Wildman–Crippen MR) is 104 cm³/mol. The summed E-state index contributed by atoms with van der Waals surface area (Å²) in [6.07, 6.45) is 0. The molecule has 0 aliphatic carbocycles. The Morgan fingerprint density at radius 2 is 1.81 bits per heavy atom. The number of carbonyl (C=O) groups excluding carboxylic acids is 1. The second-order valence-electron chi connectivity index (χ2n) is 6.69. The predicted octanol–water partition coefficient (Wildman–Crippen LogP) is 4.67. The fourth-order valence-electron chi connectivity index (χ4n) is 2.85. The number of ether oxygens (including phenoxy) is 1. The topological polar surface area (TPSA) is 64.4 Å². The van der Waals surface area contributed by atoms with Gasteiger partial charge in [-0.25, -0.2) is 0 Å². The Morgan fingerprint density at radius 3 is 2.48 bits per heavy atom. The van der Waals surface area contributed by atoms with Gasteiger partial charge in [0.2, 0.25) is 0 Å². The van der Waals surface area contributed by atoms with Crippen LogP contribution in [0, 0.1) is 20.8 Å². The minimum atomic E-state index is -0.169. The highest BCUT2D eigenvalue weighted by atomic mass is 16.5. The molecule has 0 radical (unpaired) electrons. The van der Waals surface area contributed by atoms with Crippen molar-refractivity contribution in [1.29, 1.82) is 0 Å². The monoisotopic (exact) mass is 364 g/mol. The lowest BCUT2D eigenvalue weighted by atomic mass is 10.1. The number of benzene rings is 2. The lowest BCUT2D eigenvalue weighted by Crippen LogP contribution is -2.27. The van der Waals surface area contributed by atoms with Gasteiger partial charge >= 0.3 is 0 Å². The molecule has 5 nitrogen and oxygen atoms in total. The van der Waals surface area contributed by atoms with Crippen LogP contribution in [-0.2, 0) is 6.61 Å². The van der Waals surface area contributed by atoms with E-state index in [2.05, 4.69) is 10.5 Å². The molecule has 27 heavy (non-hydrogen) atoms. The molecular formula is C22H24N2O3. The zero-order valence-electron chi connectivity index (χ0n) is 16.1. The van der Waals surface area contributed by atoms with Crippen LogP contribution in [0.25, 0.3) is 0 Å². The van der Waals surface area contributed by atoms with Crippen LogP contribution in [0.4, 0.5) is 0 Å². The van der Waals surface area contributed by atoms with E-state index in [0.29, 0.717) is 17.9 Å². The van der Waals surface area contributed by atoms with Crippen LogP contribution in [0.3, 0.4) is 0 Å². The van der Waals surface area contributed by atoms with Crippen molar-refractivity contribution in [1.82, 2.24) is 10.5 Å². The van der Waals surface area contributed by atoms with E-state index in [0.717, 1.165) is 22.6 Å². The molecule has 1 atom stereocenters. The van der Waals surface area contributed by atoms with E-state index < -0.39 is 0 Å². The zero-order chi connectivity index (χ0) is 19.4. The van der Waals surface area contributed by atoms with Crippen LogP contribution in [0.1, 0.15) is 51.5 Å². The SMILES string of the molecule is Cc1ccc(C(C)NC(=O)c2ccccc2OCc2c(C)noc2C)cc1. The first kappa shape index (κ1) is 18.7. The van der Waals surface area contributed by atoms with Crippen molar-refractivity contribution in [3.05, 3.63) is 82.2 Å². The summed E-state index contributed by atoms with van der Waals surface area (Å²) >= 11 is 0. The van der Waals surface area contributed by atoms with Crippen molar-refractivity contribution in [2.24, 2.45) is 0 Å². The van der Waals surface area contributed by atoms with Crippen LogP contribution in [0.15, 0.2) is 53.1 Å². The molecular weight excluding hydrogens is 340 g/mol. The van der Waals surface area contributed by atoms with Gasteiger partial charge in [0, 0.05) is 0 Å². The van der Waals surface area contributed by atoms with Gasteiger partial charge in [-0.05, 0) is 45.4 Å². The van der Waals surface area contributed by atoms with E-state index in [4.69, 9.17) is 9.26 Å². The summed E-state index contributed by atoms with van der Waals surface area (Å²) in [6, 6.07) is 15.3. The van der Waals surface area contributed by atoms with Gasteiger partial charge in [0.1, 0.15) is 18.1 Å². The smallest absolute Gasteiger partial charge is 0.255 e. The minimum Gasteiger partial charge on any atom is -0.488 e. The maximum Gasteiger partial charge on any atom is 0.255 e. The third-order valence-corrected chi connectivity index (χ3v) is 4.61. The first-order valence-electron chi connectivity index (χ1n) is 8.96. The van der Waals surface area contributed by atoms with Gasteiger partial charge in [-0.15, -0.1) is 0 Å². The summed E-state index contributed by atoms with van der Waals surface area (Å²) in [6.45, 7) is 8.03. The van der Waals surface area contributed by atoms with Gasteiger partial charge in [-0.1, -0.05) is 47.1 Å². The fourth-order valence-corrected chi connectivity index (χ4v) is 2.85. The normalized spacial score (nSPS) is 11.9. The van der Waals surface area contributed by atoms with Crippen molar-refractivity contribution in [2.45, 2.75) is 40.3 Å². The molecule has 0 saturated heterocycles. The third kappa shape index (κ3) is 4.37. The van der Waals surface area contributed by atoms with Gasteiger partial charge < -0.3 is 14.6 Å². The maximum atomic E-state index is 12.8. The van der Waals surface area contributed by atoms with E-state index in [1.54, 1.807) is 12.1 Å². The summed E-state index contributed by atoms with van der Waals surface area (Å²) in [5.74, 6) is 1.09. The van der Waals surface area contributed by atoms with Crippen LogP contribution in [0.5, 0.6) is 5.75 Å². The highest BCUT2D eigenvalue weighted by Crippen LogP contribution is 2.22. The van der Waals surface area contributed by atoms with Gasteiger partial charge in [-0.2, -0.15) is 0 Å². The van der Waals surface area contributed by atoms with Gasteiger partial charge in [-0.3, -0.25) is 4.79 Å². The molecule has 1 N–H and O–H groups in total. The molecule has 0 aliphatic heterocycles. The quantitative estimate of drug-likeness (QED) is 0.690.